The Balaban J connectivity index is 2.62. The van der Waals surface area contributed by atoms with E-state index in [1.54, 1.807) is 0 Å². The zero-order valence-corrected chi connectivity index (χ0v) is 10.5. The average molecular weight is 256 g/mol. The van der Waals surface area contributed by atoms with E-state index in [0.717, 1.165) is 9.71 Å². The molecule has 2 heterocycles. The molecular weight excluding hydrogens is 246 g/mol. The Bertz CT molecular complexity index is 552. The minimum atomic E-state index is 0.161. The van der Waals surface area contributed by atoms with E-state index in [0.29, 0.717) is 23.7 Å². The van der Waals surface area contributed by atoms with Gasteiger partial charge in [-0.3, -0.25) is 0 Å². The van der Waals surface area contributed by atoms with Crippen LogP contribution in [0, 0.1) is 6.92 Å². The van der Waals surface area contributed by atoms with Crippen LogP contribution in [0.2, 0.25) is 5.28 Å². The number of hydrogen-bond acceptors (Lipinski definition) is 5. The second-order valence-electron chi connectivity index (χ2n) is 3.08. The van der Waals surface area contributed by atoms with Gasteiger partial charge in [-0.1, -0.05) is 6.58 Å². The molecule has 84 valence electrons. The minimum Gasteiger partial charge on any atom is -0.492 e. The Labute approximate surface area is 102 Å². The molecule has 2 rings (SSSR count). The molecule has 2 aromatic rings. The van der Waals surface area contributed by atoms with Crippen LogP contribution in [0.5, 0.6) is 0 Å². The second-order valence-corrected chi connectivity index (χ2v) is 4.62. The van der Waals surface area contributed by atoms with Crippen molar-refractivity contribution in [3.63, 3.8) is 0 Å². The van der Waals surface area contributed by atoms with Crippen molar-refractivity contribution in [2.24, 2.45) is 0 Å². The molecule has 0 saturated carbocycles. The Morgan fingerprint density at radius 3 is 2.88 bits per heavy atom. The molecule has 0 amide bonds. The molecule has 0 spiro atoms. The number of aromatic nitrogens is 3. The lowest BCUT2D eigenvalue weighted by Gasteiger charge is -2.06. The van der Waals surface area contributed by atoms with Crippen LogP contribution in [0.25, 0.3) is 16.1 Å². The summed E-state index contributed by atoms with van der Waals surface area (Å²) in [7, 11) is 0. The predicted octanol–water partition coefficient (Wildman–Crippen LogP) is 3.06. The number of aryl methyl sites for hydroxylation is 1. The Kier molecular flexibility index (Phi) is 3.07. The predicted molar refractivity (Wildman–Crippen MR) is 65.6 cm³/mol. The van der Waals surface area contributed by atoms with Crippen molar-refractivity contribution >= 4 is 39.0 Å². The van der Waals surface area contributed by atoms with E-state index in [2.05, 4.69) is 21.5 Å². The van der Waals surface area contributed by atoms with Gasteiger partial charge in [0, 0.05) is 0 Å². The molecule has 0 atom stereocenters. The first kappa shape index (κ1) is 11.3. The van der Waals surface area contributed by atoms with E-state index in [4.69, 9.17) is 16.3 Å². The van der Waals surface area contributed by atoms with Crippen molar-refractivity contribution in [3.8, 4) is 0 Å². The van der Waals surface area contributed by atoms with E-state index in [1.807, 2.05) is 13.8 Å². The quantitative estimate of drug-likeness (QED) is 0.625. The maximum Gasteiger partial charge on any atom is 0.225 e. The lowest BCUT2D eigenvalue weighted by atomic mass is 10.3. The van der Waals surface area contributed by atoms with E-state index in [9.17, 15) is 0 Å². The van der Waals surface area contributed by atoms with Crippen molar-refractivity contribution in [1.82, 2.24) is 15.0 Å². The van der Waals surface area contributed by atoms with Gasteiger partial charge in [0.05, 0.1) is 11.6 Å². The summed E-state index contributed by atoms with van der Waals surface area (Å²) in [4.78, 5) is 12.5. The van der Waals surface area contributed by atoms with Gasteiger partial charge in [-0.15, -0.1) is 11.3 Å². The number of fused-ring (bicyclic) bond motifs is 1. The monoisotopic (exact) mass is 255 g/mol. The fraction of sp³-hybridized carbons (Fsp3) is 0.300. The van der Waals surface area contributed by atoms with Crippen molar-refractivity contribution in [1.29, 1.82) is 0 Å². The van der Waals surface area contributed by atoms with Crippen molar-refractivity contribution in [3.05, 3.63) is 22.6 Å². The van der Waals surface area contributed by atoms with Gasteiger partial charge in [-0.05, 0) is 25.4 Å². The zero-order valence-electron chi connectivity index (χ0n) is 8.95. The average Bonchev–Trinajstić information content (AvgIpc) is 2.57. The lowest BCUT2D eigenvalue weighted by Crippen LogP contribution is -1.96. The summed E-state index contributed by atoms with van der Waals surface area (Å²) in [6.07, 6.45) is 0. The van der Waals surface area contributed by atoms with Gasteiger partial charge >= 0.3 is 0 Å². The number of thiazole rings is 1. The normalized spacial score (nSPS) is 10.7. The number of rotatable bonds is 3. The summed E-state index contributed by atoms with van der Waals surface area (Å²) in [5.41, 5.74) is 1.22. The van der Waals surface area contributed by atoms with Gasteiger partial charge in [0.1, 0.15) is 16.2 Å². The van der Waals surface area contributed by atoms with Crippen molar-refractivity contribution in [2.45, 2.75) is 13.8 Å². The zero-order chi connectivity index (χ0) is 11.7. The lowest BCUT2D eigenvalue weighted by molar-refractivity contribution is 0.298. The largest absolute Gasteiger partial charge is 0.492 e. The summed E-state index contributed by atoms with van der Waals surface area (Å²) in [6.45, 7) is 8.17. The first-order valence-corrected chi connectivity index (χ1v) is 5.94. The molecule has 16 heavy (non-hydrogen) atoms. The number of ether oxygens (including phenoxy) is 1. The number of halogens is 1. The SMILES string of the molecule is C=C(OCC)c1nc(Cl)nc2nc(C)sc12. The summed E-state index contributed by atoms with van der Waals surface area (Å²) < 4.78 is 6.20. The van der Waals surface area contributed by atoms with E-state index < -0.39 is 0 Å². The topological polar surface area (TPSA) is 47.9 Å². The molecule has 0 aromatic carbocycles. The molecule has 0 aliphatic carbocycles. The highest BCUT2D eigenvalue weighted by atomic mass is 35.5. The molecule has 0 aliphatic rings. The Morgan fingerprint density at radius 1 is 1.44 bits per heavy atom. The van der Waals surface area contributed by atoms with Gasteiger partial charge in [-0.25, -0.2) is 9.97 Å². The van der Waals surface area contributed by atoms with Crippen LogP contribution in [-0.4, -0.2) is 21.6 Å². The highest BCUT2D eigenvalue weighted by molar-refractivity contribution is 7.18. The summed E-state index contributed by atoms with van der Waals surface area (Å²) >= 11 is 7.33. The molecular formula is C10H10ClN3OS. The number of hydrogen-bond donors (Lipinski definition) is 0. The van der Waals surface area contributed by atoms with Crippen LogP contribution in [0.1, 0.15) is 17.6 Å². The molecule has 6 heteroatoms. The molecule has 0 N–H and O–H groups in total. The molecule has 4 nitrogen and oxygen atoms in total. The maximum atomic E-state index is 5.82. The van der Waals surface area contributed by atoms with Gasteiger partial charge in [0.25, 0.3) is 0 Å². The van der Waals surface area contributed by atoms with Crippen molar-refractivity contribution < 1.29 is 4.74 Å². The first-order chi connectivity index (χ1) is 7.61. The first-order valence-electron chi connectivity index (χ1n) is 4.74. The van der Waals surface area contributed by atoms with Crippen LogP contribution >= 0.6 is 22.9 Å². The maximum absolute atomic E-state index is 5.82. The van der Waals surface area contributed by atoms with E-state index >= 15 is 0 Å². The molecule has 0 aliphatic heterocycles. The molecule has 0 unspecified atom stereocenters. The Morgan fingerprint density at radius 2 is 2.19 bits per heavy atom. The third kappa shape index (κ3) is 2.01. The second kappa shape index (κ2) is 4.35. The van der Waals surface area contributed by atoms with Gasteiger partial charge < -0.3 is 4.74 Å². The van der Waals surface area contributed by atoms with Crippen LogP contribution in [0.4, 0.5) is 0 Å². The van der Waals surface area contributed by atoms with Crippen molar-refractivity contribution in [2.75, 3.05) is 6.61 Å². The van der Waals surface area contributed by atoms with E-state index in [1.165, 1.54) is 11.3 Å². The van der Waals surface area contributed by atoms with Crippen LogP contribution in [0.3, 0.4) is 0 Å². The molecule has 0 saturated heterocycles. The fourth-order valence-corrected chi connectivity index (χ4v) is 2.36. The molecule has 2 aromatic heterocycles. The summed E-state index contributed by atoms with van der Waals surface area (Å²) in [5, 5.41) is 1.07. The van der Waals surface area contributed by atoms with Crippen LogP contribution in [-0.2, 0) is 4.74 Å². The van der Waals surface area contributed by atoms with Gasteiger partial charge in [-0.2, -0.15) is 4.98 Å². The standard InChI is InChI=1S/C10H10ClN3OS/c1-4-15-5(2)7-8-9(12-6(3)16-8)14-10(11)13-7/h2,4H2,1,3H3. The number of nitrogens with zero attached hydrogens (tertiary/aromatic N) is 3. The molecule has 0 radical (unpaired) electrons. The van der Waals surface area contributed by atoms with E-state index in [-0.39, 0.29) is 5.28 Å². The third-order valence-corrected chi connectivity index (χ3v) is 3.05. The van der Waals surface area contributed by atoms with Crippen LogP contribution in [0.15, 0.2) is 6.58 Å². The smallest absolute Gasteiger partial charge is 0.225 e. The molecule has 0 fully saturated rings. The Hall–Kier alpha value is -1.20. The third-order valence-electron chi connectivity index (χ3n) is 1.92. The summed E-state index contributed by atoms with van der Waals surface area (Å²) in [6, 6.07) is 0. The summed E-state index contributed by atoms with van der Waals surface area (Å²) in [5.74, 6) is 0.500. The highest BCUT2D eigenvalue weighted by Gasteiger charge is 2.14. The minimum absolute atomic E-state index is 0.161. The fourth-order valence-electron chi connectivity index (χ4n) is 1.33. The van der Waals surface area contributed by atoms with Crippen LogP contribution < -0.4 is 0 Å². The van der Waals surface area contributed by atoms with Gasteiger partial charge in [0.15, 0.2) is 5.65 Å². The molecule has 0 bridgehead atoms. The highest BCUT2D eigenvalue weighted by Crippen LogP contribution is 2.28. The van der Waals surface area contributed by atoms with Gasteiger partial charge in [0.2, 0.25) is 5.28 Å².